The molecule has 0 spiro atoms. The number of hydrogen-bond donors (Lipinski definition) is 2. The molecule has 0 aliphatic carbocycles. The number of aromatic amines is 1. The summed E-state index contributed by atoms with van der Waals surface area (Å²) >= 11 is 1.29. The van der Waals surface area contributed by atoms with Crippen LogP contribution in [0.15, 0.2) is 35.1 Å². The third-order valence-electron chi connectivity index (χ3n) is 3.80. The third kappa shape index (κ3) is 2.64. The van der Waals surface area contributed by atoms with E-state index in [1.165, 1.54) is 11.3 Å². The molecule has 118 valence electrons. The van der Waals surface area contributed by atoms with Crippen molar-refractivity contribution in [3.63, 3.8) is 0 Å². The molecule has 8 heteroatoms. The van der Waals surface area contributed by atoms with Crippen molar-refractivity contribution in [3.8, 4) is 0 Å². The Morgan fingerprint density at radius 1 is 1.22 bits per heavy atom. The Morgan fingerprint density at radius 2 is 2.00 bits per heavy atom. The Labute approximate surface area is 136 Å². The number of nitrogens with one attached hydrogen (secondary N) is 2. The smallest absolute Gasteiger partial charge is 0.261 e. The van der Waals surface area contributed by atoms with Crippen LogP contribution in [0, 0.1) is 0 Å². The highest BCUT2D eigenvalue weighted by Gasteiger charge is 2.27. The number of thiophene rings is 1. The number of benzene rings is 1. The van der Waals surface area contributed by atoms with Crippen LogP contribution in [-0.4, -0.2) is 24.1 Å². The van der Waals surface area contributed by atoms with Crippen LogP contribution in [0.5, 0.6) is 0 Å². The molecule has 1 aromatic carbocycles. The Morgan fingerprint density at radius 3 is 2.78 bits per heavy atom. The molecule has 2 N–H and O–H groups in total. The molecule has 3 aromatic rings. The van der Waals surface area contributed by atoms with Gasteiger partial charge in [-0.2, -0.15) is 0 Å². The molecule has 0 unspecified atom stereocenters. The number of hydrogen-bond acceptors (Lipinski definition) is 6. The summed E-state index contributed by atoms with van der Waals surface area (Å²) in [5, 5.41) is 3.58. The van der Waals surface area contributed by atoms with E-state index in [1.807, 2.05) is 30.3 Å². The van der Waals surface area contributed by atoms with Crippen LogP contribution in [0.2, 0.25) is 0 Å². The SMILES string of the molecule is O=c1[nH]c(Nc2ccccc2)nc2sc3c(c12)CCS(=O)(=O)C3. The summed E-state index contributed by atoms with van der Waals surface area (Å²) in [5.41, 5.74) is 1.42. The van der Waals surface area contributed by atoms with E-state index in [2.05, 4.69) is 15.3 Å². The van der Waals surface area contributed by atoms with Gasteiger partial charge in [0.25, 0.3) is 5.56 Å². The summed E-state index contributed by atoms with van der Waals surface area (Å²) < 4.78 is 23.5. The summed E-state index contributed by atoms with van der Waals surface area (Å²) in [6.45, 7) is 0. The molecule has 6 nitrogen and oxygen atoms in total. The number of fused-ring (bicyclic) bond motifs is 3. The molecule has 0 bridgehead atoms. The Kier molecular flexibility index (Phi) is 3.24. The zero-order valence-electron chi connectivity index (χ0n) is 12.0. The van der Waals surface area contributed by atoms with Gasteiger partial charge in [-0.3, -0.25) is 9.78 Å². The molecule has 23 heavy (non-hydrogen) atoms. The lowest BCUT2D eigenvalue weighted by molar-refractivity contribution is 0.592. The van der Waals surface area contributed by atoms with Crippen molar-refractivity contribution in [2.75, 3.05) is 11.1 Å². The molecule has 1 aliphatic heterocycles. The molecule has 0 saturated carbocycles. The van der Waals surface area contributed by atoms with E-state index in [9.17, 15) is 13.2 Å². The first-order valence-electron chi connectivity index (χ1n) is 7.09. The summed E-state index contributed by atoms with van der Waals surface area (Å²) in [5.74, 6) is 0.453. The van der Waals surface area contributed by atoms with Crippen LogP contribution >= 0.6 is 11.3 Å². The summed E-state index contributed by atoms with van der Waals surface area (Å²) in [6.07, 6.45) is 0.383. The van der Waals surface area contributed by atoms with Gasteiger partial charge in [0.1, 0.15) is 4.83 Å². The lowest BCUT2D eigenvalue weighted by Gasteiger charge is -2.11. The number of aryl methyl sites for hydroxylation is 1. The minimum atomic E-state index is -3.06. The predicted octanol–water partition coefficient (Wildman–Crippen LogP) is 2.20. The fourth-order valence-corrected chi connectivity index (χ4v) is 5.76. The molecule has 0 atom stereocenters. The van der Waals surface area contributed by atoms with E-state index >= 15 is 0 Å². The molecular weight excluding hydrogens is 334 g/mol. The zero-order valence-corrected chi connectivity index (χ0v) is 13.6. The van der Waals surface area contributed by atoms with Crippen LogP contribution in [0.3, 0.4) is 0 Å². The van der Waals surface area contributed by atoms with Gasteiger partial charge in [-0.25, -0.2) is 13.4 Å². The molecule has 1 aliphatic rings. The highest BCUT2D eigenvalue weighted by molar-refractivity contribution is 7.90. The number of sulfone groups is 1. The lowest BCUT2D eigenvalue weighted by atomic mass is 10.1. The van der Waals surface area contributed by atoms with Gasteiger partial charge >= 0.3 is 0 Å². The largest absolute Gasteiger partial charge is 0.326 e. The predicted molar refractivity (Wildman–Crippen MR) is 91.2 cm³/mol. The minimum absolute atomic E-state index is 0.00421. The topological polar surface area (TPSA) is 91.9 Å². The Bertz CT molecular complexity index is 1050. The quantitative estimate of drug-likeness (QED) is 0.741. The second-order valence-electron chi connectivity index (χ2n) is 5.43. The van der Waals surface area contributed by atoms with Crippen LogP contribution in [0.4, 0.5) is 11.6 Å². The minimum Gasteiger partial charge on any atom is -0.326 e. The molecular formula is C15H13N3O3S2. The second-order valence-corrected chi connectivity index (χ2v) is 8.70. The van der Waals surface area contributed by atoms with Crippen molar-refractivity contribution in [2.45, 2.75) is 12.2 Å². The van der Waals surface area contributed by atoms with E-state index in [4.69, 9.17) is 0 Å². The first-order valence-corrected chi connectivity index (χ1v) is 9.73. The second kappa shape index (κ2) is 5.17. The van der Waals surface area contributed by atoms with Crippen LogP contribution < -0.4 is 10.9 Å². The first kappa shape index (κ1) is 14.4. The summed E-state index contributed by atoms with van der Waals surface area (Å²) in [6, 6.07) is 9.41. The highest BCUT2D eigenvalue weighted by Crippen LogP contribution is 2.33. The maximum absolute atomic E-state index is 12.4. The highest BCUT2D eigenvalue weighted by atomic mass is 32.2. The standard InChI is InChI=1S/C15H13N3O3S2/c19-13-12-10-6-7-23(20,21)8-11(10)22-14(12)18-15(17-13)16-9-4-2-1-3-5-9/h1-5H,6-8H2,(H2,16,17,18,19). The van der Waals surface area contributed by atoms with Gasteiger partial charge in [0, 0.05) is 10.6 Å². The van der Waals surface area contributed by atoms with Crippen LogP contribution in [0.25, 0.3) is 10.2 Å². The monoisotopic (exact) mass is 347 g/mol. The van der Waals surface area contributed by atoms with Crippen molar-refractivity contribution >= 4 is 43.0 Å². The molecule has 0 saturated heterocycles. The molecule has 4 rings (SSSR count). The van der Waals surface area contributed by atoms with Crippen molar-refractivity contribution in [1.82, 2.24) is 9.97 Å². The van der Waals surface area contributed by atoms with E-state index in [0.717, 1.165) is 16.1 Å². The van der Waals surface area contributed by atoms with Gasteiger partial charge in [0.15, 0.2) is 9.84 Å². The Balaban J connectivity index is 1.81. The van der Waals surface area contributed by atoms with Gasteiger partial charge in [-0.1, -0.05) is 18.2 Å². The molecule has 0 radical (unpaired) electrons. The summed E-state index contributed by atoms with van der Waals surface area (Å²) in [4.78, 5) is 20.9. The average Bonchev–Trinajstić information content (AvgIpc) is 2.84. The van der Waals surface area contributed by atoms with Gasteiger partial charge in [-0.05, 0) is 24.1 Å². The lowest BCUT2D eigenvalue weighted by Crippen LogP contribution is -2.19. The van der Waals surface area contributed by atoms with Gasteiger partial charge in [0.2, 0.25) is 5.95 Å². The first-order chi connectivity index (χ1) is 11.0. The molecule has 2 aromatic heterocycles. The van der Waals surface area contributed by atoms with E-state index < -0.39 is 9.84 Å². The third-order valence-corrected chi connectivity index (χ3v) is 6.66. The van der Waals surface area contributed by atoms with Crippen molar-refractivity contribution in [2.24, 2.45) is 0 Å². The number of para-hydroxylation sites is 1. The maximum Gasteiger partial charge on any atom is 0.261 e. The summed E-state index contributed by atoms with van der Waals surface area (Å²) in [7, 11) is -3.06. The number of rotatable bonds is 2. The molecule has 0 amide bonds. The zero-order chi connectivity index (χ0) is 16.0. The number of aromatic nitrogens is 2. The Hall–Kier alpha value is -2.19. The normalized spacial score (nSPS) is 16.2. The van der Waals surface area contributed by atoms with Crippen molar-refractivity contribution in [1.29, 1.82) is 0 Å². The van der Waals surface area contributed by atoms with Crippen molar-refractivity contribution in [3.05, 3.63) is 51.1 Å². The molecule has 0 fully saturated rings. The van der Waals surface area contributed by atoms with Crippen LogP contribution in [0.1, 0.15) is 10.4 Å². The fraction of sp³-hybridized carbons (Fsp3) is 0.200. The number of anilines is 2. The van der Waals surface area contributed by atoms with E-state index in [0.29, 0.717) is 22.6 Å². The van der Waals surface area contributed by atoms with Gasteiger partial charge in [0.05, 0.1) is 16.9 Å². The number of H-pyrrole nitrogens is 1. The maximum atomic E-state index is 12.4. The fourth-order valence-electron chi connectivity index (χ4n) is 2.74. The van der Waals surface area contributed by atoms with Crippen LogP contribution in [-0.2, 0) is 22.0 Å². The van der Waals surface area contributed by atoms with E-state index in [-0.39, 0.29) is 17.1 Å². The van der Waals surface area contributed by atoms with Gasteiger partial charge in [-0.15, -0.1) is 11.3 Å². The van der Waals surface area contributed by atoms with Gasteiger partial charge < -0.3 is 5.32 Å². The average molecular weight is 347 g/mol. The molecule has 3 heterocycles. The number of nitrogens with zero attached hydrogens (tertiary/aromatic N) is 1. The van der Waals surface area contributed by atoms with E-state index in [1.54, 1.807) is 0 Å². The van der Waals surface area contributed by atoms with Crippen molar-refractivity contribution < 1.29 is 8.42 Å².